The number of nitriles is 1. The van der Waals surface area contributed by atoms with Gasteiger partial charge in [0.15, 0.2) is 17.2 Å². The van der Waals surface area contributed by atoms with E-state index in [4.69, 9.17) is 26.0 Å². The molecule has 1 spiro atoms. The summed E-state index contributed by atoms with van der Waals surface area (Å²) in [7, 11) is 0. The maximum absolute atomic E-state index is 10.2. The molecule has 1 atom stereocenters. The lowest BCUT2D eigenvalue weighted by Crippen LogP contribution is -2.32. The van der Waals surface area contributed by atoms with Crippen LogP contribution in [0.4, 0.5) is 22.7 Å². The van der Waals surface area contributed by atoms with Crippen LogP contribution in [0.2, 0.25) is 0 Å². The Bertz CT molecular complexity index is 4120. The Morgan fingerprint density at radius 2 is 1.16 bits per heavy atom. The van der Waals surface area contributed by atoms with E-state index in [1.807, 2.05) is 85.2 Å². The second-order valence-electron chi connectivity index (χ2n) is 18.2. The number of para-hydroxylation sites is 4. The van der Waals surface area contributed by atoms with Gasteiger partial charge in [-0.1, -0.05) is 91.0 Å². The van der Waals surface area contributed by atoms with Crippen LogP contribution in [-0.4, -0.2) is 14.5 Å². The van der Waals surface area contributed by atoms with Gasteiger partial charge in [0.25, 0.3) is 0 Å². The SMILES string of the molecule is [C-]#[N+]c1ccc2c(c1)-c1ccccc1C2c1ccc2c(c1)Oc1cc(-n3c4ccc(C#N)cc4c4cc(N5c6ccccc6Oc6ccccc65)ccc43)ccc1C21c2cccnc2-c2ncccc21. The second kappa shape index (κ2) is 14.1. The molecule has 0 saturated carbocycles. The van der Waals surface area contributed by atoms with Gasteiger partial charge in [0.1, 0.15) is 11.5 Å². The van der Waals surface area contributed by atoms with Crippen LogP contribution in [0.1, 0.15) is 50.4 Å². The van der Waals surface area contributed by atoms with Crippen molar-refractivity contribution in [1.29, 1.82) is 5.26 Å². The Labute approximate surface area is 402 Å². The van der Waals surface area contributed by atoms with Crippen LogP contribution in [0.3, 0.4) is 0 Å². The number of hydrogen-bond donors (Lipinski definition) is 0. The number of anilines is 3. The lowest BCUT2D eigenvalue weighted by atomic mass is 9.66. The zero-order chi connectivity index (χ0) is 46.2. The first kappa shape index (κ1) is 38.4. The van der Waals surface area contributed by atoms with Crippen molar-refractivity contribution in [2.75, 3.05) is 4.90 Å². The largest absolute Gasteiger partial charge is 0.457 e. The number of aromatic nitrogens is 3. The van der Waals surface area contributed by atoms with E-state index in [1.165, 1.54) is 11.1 Å². The van der Waals surface area contributed by atoms with Crippen molar-refractivity contribution in [3.05, 3.63) is 256 Å². The molecule has 4 aliphatic rings. The summed E-state index contributed by atoms with van der Waals surface area (Å²) in [6.45, 7) is 7.78. The summed E-state index contributed by atoms with van der Waals surface area (Å²) < 4.78 is 16.0. The fourth-order valence-electron chi connectivity index (χ4n) is 12.0. The molecule has 8 nitrogen and oxygen atoms in total. The van der Waals surface area contributed by atoms with Crippen molar-refractivity contribution in [2.24, 2.45) is 0 Å². The smallest absolute Gasteiger partial charge is 0.187 e. The van der Waals surface area contributed by atoms with Gasteiger partial charge in [0.2, 0.25) is 0 Å². The Morgan fingerprint density at radius 1 is 0.529 bits per heavy atom. The van der Waals surface area contributed by atoms with E-state index in [0.29, 0.717) is 11.3 Å². The van der Waals surface area contributed by atoms with E-state index >= 15 is 0 Å². The molecule has 0 saturated heterocycles. The summed E-state index contributed by atoms with van der Waals surface area (Å²) in [6.07, 6.45) is 3.69. The molecule has 15 rings (SSSR count). The van der Waals surface area contributed by atoms with Crippen LogP contribution in [0.25, 0.3) is 54.9 Å². The molecule has 324 valence electrons. The summed E-state index contributed by atoms with van der Waals surface area (Å²) in [4.78, 5) is 16.0. The fraction of sp³-hybridized carbons (Fsp3) is 0.0323. The van der Waals surface area contributed by atoms with E-state index in [0.717, 1.165) is 118 Å². The molecule has 2 aliphatic heterocycles. The van der Waals surface area contributed by atoms with Gasteiger partial charge in [-0.25, -0.2) is 4.85 Å². The molecule has 3 aromatic heterocycles. The summed E-state index contributed by atoms with van der Waals surface area (Å²) >= 11 is 0. The Morgan fingerprint density at radius 3 is 1.90 bits per heavy atom. The van der Waals surface area contributed by atoms with Crippen LogP contribution in [-0.2, 0) is 5.41 Å². The van der Waals surface area contributed by atoms with Crippen molar-refractivity contribution >= 4 is 44.6 Å². The molecule has 70 heavy (non-hydrogen) atoms. The van der Waals surface area contributed by atoms with Gasteiger partial charge >= 0.3 is 0 Å². The minimum absolute atomic E-state index is 0.0599. The van der Waals surface area contributed by atoms with Crippen molar-refractivity contribution in [3.63, 3.8) is 0 Å². The zero-order valence-corrected chi connectivity index (χ0v) is 37.1. The van der Waals surface area contributed by atoms with Crippen molar-refractivity contribution < 1.29 is 9.47 Å². The molecule has 0 N–H and O–H groups in total. The van der Waals surface area contributed by atoms with E-state index in [1.54, 1.807) is 0 Å². The topological polar surface area (TPSA) is 80.6 Å². The minimum atomic E-state index is -0.786. The first-order chi connectivity index (χ1) is 34.6. The number of fused-ring (bicyclic) bond motifs is 17. The predicted octanol–water partition coefficient (Wildman–Crippen LogP) is 15.2. The molecule has 11 aromatic rings. The Hall–Kier alpha value is -9.76. The van der Waals surface area contributed by atoms with Gasteiger partial charge in [0, 0.05) is 57.7 Å². The third-order valence-electron chi connectivity index (χ3n) is 14.8. The highest BCUT2D eigenvalue weighted by Crippen LogP contribution is 2.62. The van der Waals surface area contributed by atoms with E-state index in [-0.39, 0.29) is 5.92 Å². The van der Waals surface area contributed by atoms with Crippen LogP contribution in [0.15, 0.2) is 200 Å². The fourth-order valence-corrected chi connectivity index (χ4v) is 12.0. The number of rotatable bonds is 3. The first-order valence-electron chi connectivity index (χ1n) is 23.2. The molecule has 0 radical (unpaired) electrons. The molecular formula is C62H34N6O2. The van der Waals surface area contributed by atoms with Gasteiger partial charge in [-0.3, -0.25) is 9.97 Å². The minimum Gasteiger partial charge on any atom is -0.457 e. The highest BCUT2D eigenvalue weighted by molar-refractivity contribution is 6.11. The number of benzene rings is 8. The summed E-state index contributed by atoms with van der Waals surface area (Å²) in [5.74, 6) is 2.99. The van der Waals surface area contributed by atoms with Crippen molar-refractivity contribution in [3.8, 4) is 57.3 Å². The van der Waals surface area contributed by atoms with Crippen LogP contribution >= 0.6 is 0 Å². The standard InChI is InChI=1S/C62H34N6O2/c1-64-38-20-23-43-44(32-38)41-10-2-3-11-42(41)59(43)37-19-24-47-57(31-37)70-58-34-40(21-25-48(58)62(47)49-12-8-28-65-60(49)61-50(62)13-9-29-66-61)67-51-26-18-36(35-63)30-45(51)46-33-39(22-27-52(46)67)68-53-14-4-6-16-55(53)69-56-17-7-5-15-54(56)68/h2-34,59H. The molecule has 0 fully saturated rings. The second-order valence-corrected chi connectivity index (χ2v) is 18.2. The summed E-state index contributed by atoms with van der Waals surface area (Å²) in [5.41, 5.74) is 17.7. The van der Waals surface area contributed by atoms with Crippen LogP contribution in [0.5, 0.6) is 23.0 Å². The molecule has 1 unspecified atom stereocenters. The lowest BCUT2D eigenvalue weighted by Gasteiger charge is -2.39. The molecular weight excluding hydrogens is 861 g/mol. The third-order valence-corrected chi connectivity index (χ3v) is 14.8. The summed E-state index contributed by atoms with van der Waals surface area (Å²) in [6, 6.07) is 67.4. The highest BCUT2D eigenvalue weighted by Gasteiger charge is 2.52. The zero-order valence-electron chi connectivity index (χ0n) is 37.1. The van der Waals surface area contributed by atoms with Crippen molar-refractivity contribution in [1.82, 2.24) is 14.5 Å². The average Bonchev–Trinajstić information content (AvgIpc) is 4.03. The number of ether oxygens (including phenoxy) is 2. The first-order valence-corrected chi connectivity index (χ1v) is 23.2. The van der Waals surface area contributed by atoms with E-state index < -0.39 is 5.41 Å². The van der Waals surface area contributed by atoms with Gasteiger partial charge in [-0.05, 0) is 130 Å². The number of nitrogens with zero attached hydrogens (tertiary/aromatic N) is 6. The van der Waals surface area contributed by atoms with Crippen molar-refractivity contribution in [2.45, 2.75) is 11.3 Å². The average molecular weight is 895 g/mol. The third kappa shape index (κ3) is 5.06. The maximum atomic E-state index is 10.2. The molecule has 0 bridgehead atoms. The van der Waals surface area contributed by atoms with Crippen LogP contribution in [0, 0.1) is 17.9 Å². The lowest BCUT2D eigenvalue weighted by molar-refractivity contribution is 0.435. The normalized spacial score (nSPS) is 14.7. The van der Waals surface area contributed by atoms with Gasteiger partial charge in [-0.15, -0.1) is 0 Å². The monoisotopic (exact) mass is 894 g/mol. The number of pyridine rings is 2. The number of hydrogen-bond acceptors (Lipinski definition) is 6. The van der Waals surface area contributed by atoms with E-state index in [9.17, 15) is 5.26 Å². The molecule has 8 heteroatoms. The summed E-state index contributed by atoms with van der Waals surface area (Å²) in [5, 5.41) is 12.2. The van der Waals surface area contributed by atoms with E-state index in [2.05, 4.69) is 136 Å². The van der Waals surface area contributed by atoms with Gasteiger partial charge in [0.05, 0.1) is 57.4 Å². The maximum Gasteiger partial charge on any atom is 0.187 e. The van der Waals surface area contributed by atoms with Crippen LogP contribution < -0.4 is 14.4 Å². The quantitative estimate of drug-likeness (QED) is 0.164. The molecule has 2 aliphatic carbocycles. The highest BCUT2D eigenvalue weighted by atomic mass is 16.5. The molecule has 0 amide bonds. The Balaban J connectivity index is 0.947. The Kier molecular flexibility index (Phi) is 7.74. The van der Waals surface area contributed by atoms with Gasteiger partial charge < -0.3 is 18.9 Å². The molecule has 5 heterocycles. The predicted molar refractivity (Wildman–Crippen MR) is 272 cm³/mol. The molecule has 8 aromatic carbocycles. The van der Waals surface area contributed by atoms with Gasteiger partial charge in [-0.2, -0.15) is 5.26 Å².